The minimum absolute atomic E-state index is 0.143. The van der Waals surface area contributed by atoms with Gasteiger partial charge in [0.15, 0.2) is 11.8 Å². The zero-order valence-corrected chi connectivity index (χ0v) is 11.5. The van der Waals surface area contributed by atoms with Crippen LogP contribution in [-0.2, 0) is 0 Å². The maximum absolute atomic E-state index is 10.3. The standard InChI is InChI=1S/C14H17N5O2/c1-6-8(3-9(20)14(6)4-10(14)21)19-5-16-11-7(2)17-13(15)18-12(11)19/h5,8-10,20-21H,1-4H2,(H3,15,17,18)/t8?,9-,10+,14+/m0/s1. The molecule has 1 unspecified atom stereocenters. The van der Waals surface area contributed by atoms with Crippen LogP contribution < -0.4 is 11.1 Å². The van der Waals surface area contributed by atoms with Crippen LogP contribution in [0.1, 0.15) is 24.6 Å². The van der Waals surface area contributed by atoms with Crippen molar-refractivity contribution in [3.63, 3.8) is 0 Å². The highest BCUT2D eigenvalue weighted by Crippen LogP contribution is 2.63. The molecule has 2 heterocycles. The predicted molar refractivity (Wildman–Crippen MR) is 77.5 cm³/mol. The van der Waals surface area contributed by atoms with Crippen LogP contribution in [0.25, 0.3) is 5.70 Å². The predicted octanol–water partition coefficient (Wildman–Crippen LogP) is 0.0161. The van der Waals surface area contributed by atoms with E-state index in [1.165, 1.54) is 0 Å². The Morgan fingerprint density at radius 2 is 2.10 bits per heavy atom. The van der Waals surface area contributed by atoms with E-state index in [1.807, 2.05) is 4.57 Å². The van der Waals surface area contributed by atoms with Crippen molar-refractivity contribution >= 4 is 17.5 Å². The highest BCUT2D eigenvalue weighted by atomic mass is 16.3. The highest BCUT2D eigenvalue weighted by molar-refractivity contribution is 5.93. The minimum Gasteiger partial charge on any atom is -0.392 e. The molecule has 21 heavy (non-hydrogen) atoms. The molecule has 0 saturated heterocycles. The number of rotatable bonds is 1. The molecule has 1 spiro atoms. The quantitative estimate of drug-likeness (QED) is 0.544. The van der Waals surface area contributed by atoms with E-state index in [2.05, 4.69) is 28.5 Å². The van der Waals surface area contributed by atoms with Crippen molar-refractivity contribution in [2.24, 2.45) is 16.1 Å². The topological polar surface area (TPSA) is 109 Å². The molecule has 110 valence electrons. The molecule has 2 aliphatic carbocycles. The number of hydrogen-bond acceptors (Lipinski definition) is 6. The van der Waals surface area contributed by atoms with E-state index >= 15 is 0 Å². The van der Waals surface area contributed by atoms with E-state index in [0.717, 1.165) is 5.57 Å². The van der Waals surface area contributed by atoms with Gasteiger partial charge in [0.05, 0.1) is 30.3 Å². The zero-order chi connectivity index (χ0) is 14.9. The Hall–Kier alpha value is -2.12. The van der Waals surface area contributed by atoms with Crippen LogP contribution >= 0.6 is 0 Å². The van der Waals surface area contributed by atoms with Crippen LogP contribution in [0.4, 0.5) is 5.82 Å². The van der Waals surface area contributed by atoms with Crippen molar-refractivity contribution in [1.29, 1.82) is 0 Å². The molecule has 0 amide bonds. The van der Waals surface area contributed by atoms with Crippen molar-refractivity contribution in [3.05, 3.63) is 30.8 Å². The minimum atomic E-state index is -0.589. The molecule has 0 aromatic carbocycles. The Balaban J connectivity index is 1.77. The Morgan fingerprint density at radius 3 is 2.71 bits per heavy atom. The van der Waals surface area contributed by atoms with Gasteiger partial charge in [-0.1, -0.05) is 13.2 Å². The van der Waals surface area contributed by atoms with E-state index in [-0.39, 0.29) is 12.0 Å². The van der Waals surface area contributed by atoms with Crippen LogP contribution in [0, 0.1) is 5.41 Å². The Bertz CT molecular complexity index is 706. The summed E-state index contributed by atoms with van der Waals surface area (Å²) < 4.78 is 1.86. The molecule has 2 saturated carbocycles. The fourth-order valence-electron chi connectivity index (χ4n) is 3.60. The maximum Gasteiger partial charge on any atom is 0.199 e. The summed E-state index contributed by atoms with van der Waals surface area (Å²) in [5.41, 5.74) is 7.26. The van der Waals surface area contributed by atoms with Crippen molar-refractivity contribution < 1.29 is 10.2 Å². The van der Waals surface area contributed by atoms with Gasteiger partial charge in [-0.25, -0.2) is 4.98 Å². The lowest BCUT2D eigenvalue weighted by Gasteiger charge is -2.20. The molecule has 4 rings (SSSR count). The summed E-state index contributed by atoms with van der Waals surface area (Å²) in [6, 6.07) is -0.143. The fourth-order valence-corrected chi connectivity index (χ4v) is 3.60. The van der Waals surface area contributed by atoms with E-state index in [1.54, 1.807) is 6.33 Å². The first-order valence-corrected chi connectivity index (χ1v) is 6.88. The summed E-state index contributed by atoms with van der Waals surface area (Å²) >= 11 is 0. The largest absolute Gasteiger partial charge is 0.392 e. The molecule has 0 radical (unpaired) electrons. The second-order valence-corrected chi connectivity index (χ2v) is 5.98. The third kappa shape index (κ3) is 1.44. The Kier molecular flexibility index (Phi) is 2.25. The number of guanidine groups is 1. The number of nitrogens with one attached hydrogen (secondary N) is 1. The van der Waals surface area contributed by atoms with Gasteiger partial charge in [-0.05, 0) is 18.4 Å². The first-order chi connectivity index (χ1) is 9.95. The second-order valence-electron chi connectivity index (χ2n) is 5.98. The van der Waals surface area contributed by atoms with Crippen LogP contribution in [-0.4, -0.2) is 37.9 Å². The summed E-state index contributed by atoms with van der Waals surface area (Å²) in [7, 11) is 0. The molecule has 2 fully saturated rings. The third-order valence-corrected chi connectivity index (χ3v) is 4.90. The smallest absolute Gasteiger partial charge is 0.199 e. The van der Waals surface area contributed by atoms with Gasteiger partial charge in [-0.3, -0.25) is 0 Å². The van der Waals surface area contributed by atoms with Gasteiger partial charge in [-0.2, -0.15) is 4.99 Å². The molecular formula is C14H17N5O2. The van der Waals surface area contributed by atoms with Crippen LogP contribution in [0.2, 0.25) is 0 Å². The third-order valence-electron chi connectivity index (χ3n) is 4.90. The number of nitrogens with two attached hydrogens (primary N) is 1. The number of imidazole rings is 1. The number of fused-ring (bicyclic) bond motifs is 1. The molecule has 1 aromatic heterocycles. The molecule has 7 heteroatoms. The lowest BCUT2D eigenvalue weighted by molar-refractivity contribution is 0.0962. The molecule has 1 aromatic rings. The van der Waals surface area contributed by atoms with Crippen molar-refractivity contribution in [3.8, 4) is 0 Å². The summed E-state index contributed by atoms with van der Waals surface area (Å²) in [6.45, 7) is 7.98. The van der Waals surface area contributed by atoms with Gasteiger partial charge in [0.2, 0.25) is 0 Å². The van der Waals surface area contributed by atoms with Crippen molar-refractivity contribution in [2.75, 3.05) is 0 Å². The summed E-state index contributed by atoms with van der Waals surface area (Å²) in [4.78, 5) is 8.60. The van der Waals surface area contributed by atoms with Gasteiger partial charge in [0.25, 0.3) is 0 Å². The summed E-state index contributed by atoms with van der Waals surface area (Å²) in [5, 5.41) is 23.0. The number of hydrogen-bond donors (Lipinski definition) is 4. The normalized spacial score (nSPS) is 37.4. The Morgan fingerprint density at radius 1 is 1.38 bits per heavy atom. The van der Waals surface area contributed by atoms with E-state index < -0.39 is 17.6 Å². The van der Waals surface area contributed by atoms with Gasteiger partial charge in [-0.15, -0.1) is 0 Å². The van der Waals surface area contributed by atoms with E-state index in [0.29, 0.717) is 30.1 Å². The molecule has 0 bridgehead atoms. The van der Waals surface area contributed by atoms with Gasteiger partial charge < -0.3 is 25.8 Å². The second kappa shape index (κ2) is 3.75. The number of aliphatic hydroxyl groups is 2. The summed E-state index contributed by atoms with van der Waals surface area (Å²) in [6.07, 6.45) is 1.63. The van der Waals surface area contributed by atoms with Crippen LogP contribution in [0.3, 0.4) is 0 Å². The van der Waals surface area contributed by atoms with Crippen LogP contribution in [0.15, 0.2) is 30.1 Å². The molecular weight excluding hydrogens is 270 g/mol. The van der Waals surface area contributed by atoms with Crippen molar-refractivity contribution in [2.45, 2.75) is 31.1 Å². The lowest BCUT2D eigenvalue weighted by atomic mass is 9.97. The first kappa shape index (κ1) is 12.6. The van der Waals surface area contributed by atoms with E-state index in [9.17, 15) is 10.2 Å². The number of nitrogens with zero attached hydrogens (tertiary/aromatic N) is 3. The lowest BCUT2D eigenvalue weighted by Crippen LogP contribution is -2.32. The van der Waals surface area contributed by atoms with Crippen molar-refractivity contribution in [1.82, 2.24) is 14.9 Å². The highest BCUT2D eigenvalue weighted by Gasteiger charge is 2.65. The molecule has 4 atom stereocenters. The number of aliphatic hydroxyl groups excluding tert-OH is 2. The molecule has 3 aliphatic rings. The average molecular weight is 287 g/mol. The fraction of sp³-hybridized carbons (Fsp3) is 0.429. The maximum atomic E-state index is 10.3. The average Bonchev–Trinajstić information content (AvgIpc) is 2.82. The monoisotopic (exact) mass is 287 g/mol. The number of aliphatic imine (C=N–C) groups is 1. The first-order valence-electron chi connectivity index (χ1n) is 6.88. The number of aromatic nitrogens is 2. The van der Waals surface area contributed by atoms with Gasteiger partial charge >= 0.3 is 0 Å². The van der Waals surface area contributed by atoms with E-state index in [4.69, 9.17) is 5.73 Å². The molecule has 7 nitrogen and oxygen atoms in total. The molecule has 1 aliphatic heterocycles. The molecule has 5 N–H and O–H groups in total. The zero-order valence-electron chi connectivity index (χ0n) is 11.5. The van der Waals surface area contributed by atoms with Gasteiger partial charge in [0.1, 0.15) is 5.69 Å². The summed E-state index contributed by atoms with van der Waals surface area (Å²) in [5.74, 6) is 0.876. The Labute approximate surface area is 121 Å². The van der Waals surface area contributed by atoms with Gasteiger partial charge in [0, 0.05) is 5.41 Å². The SMILES string of the molecule is C=C1NC(N)=Nc2c1ncn2C1C[C@H](O)[C@@]2(C[C@H]2O)C1=C. The van der Waals surface area contributed by atoms with Crippen LogP contribution in [0.5, 0.6) is 0 Å².